The van der Waals surface area contributed by atoms with Crippen LogP contribution in [0.1, 0.15) is 40.5 Å². The second-order valence-corrected chi connectivity index (χ2v) is 7.22. The van der Waals surface area contributed by atoms with Crippen molar-refractivity contribution in [3.8, 4) is 0 Å². The molecule has 0 aromatic heterocycles. The Morgan fingerprint density at radius 1 is 1.05 bits per heavy atom. The largest absolute Gasteiger partial charge is 0.301 e. The topological polar surface area (TPSA) is 6.48 Å². The van der Waals surface area contributed by atoms with E-state index in [4.69, 9.17) is 0 Å². The highest BCUT2D eigenvalue weighted by Crippen LogP contribution is 2.28. The smallest absolute Gasteiger partial charge is 0.116 e. The Balaban J connectivity index is 1.76. The van der Waals surface area contributed by atoms with Gasteiger partial charge in [0.25, 0.3) is 0 Å². The molecular weight excluding hydrogens is 239 g/mol. The van der Waals surface area contributed by atoms with Crippen molar-refractivity contribution in [3.63, 3.8) is 0 Å². The maximum Gasteiger partial charge on any atom is 0.116 e. The van der Waals surface area contributed by atoms with Crippen LogP contribution in [0.4, 0.5) is 4.39 Å². The first-order chi connectivity index (χ1) is 8.97. The minimum absolute atomic E-state index is 0.284. The zero-order valence-electron chi connectivity index (χ0n) is 13.1. The van der Waals surface area contributed by atoms with Crippen LogP contribution in [0.25, 0.3) is 0 Å². The van der Waals surface area contributed by atoms with E-state index in [-0.39, 0.29) is 5.92 Å². The lowest BCUT2D eigenvalue weighted by Crippen LogP contribution is -2.45. The third-order valence-electron chi connectivity index (χ3n) is 5.10. The molecule has 0 aromatic carbocycles. The molecule has 0 bridgehead atoms. The van der Waals surface area contributed by atoms with E-state index in [1.54, 1.807) is 0 Å². The van der Waals surface area contributed by atoms with Crippen LogP contribution in [0, 0.1) is 17.8 Å². The summed E-state index contributed by atoms with van der Waals surface area (Å²) in [6.45, 7) is 14.2. The van der Waals surface area contributed by atoms with E-state index in [0.29, 0.717) is 18.5 Å². The molecule has 3 atom stereocenters. The van der Waals surface area contributed by atoms with Gasteiger partial charge in [-0.15, -0.1) is 0 Å². The van der Waals surface area contributed by atoms with Crippen molar-refractivity contribution in [2.45, 2.75) is 52.8 Å². The Hall–Kier alpha value is -0.150. The molecule has 3 heteroatoms. The van der Waals surface area contributed by atoms with E-state index in [9.17, 15) is 4.39 Å². The second kappa shape index (κ2) is 6.53. The lowest BCUT2D eigenvalue weighted by molar-refractivity contribution is 0.0530. The lowest BCUT2D eigenvalue weighted by Gasteiger charge is -2.37. The van der Waals surface area contributed by atoms with Gasteiger partial charge in [0.05, 0.1) is 0 Å². The average molecular weight is 270 g/mol. The molecule has 0 unspecified atom stereocenters. The summed E-state index contributed by atoms with van der Waals surface area (Å²) in [6.07, 6.45) is 1.72. The van der Waals surface area contributed by atoms with Crippen molar-refractivity contribution >= 4 is 0 Å². The van der Waals surface area contributed by atoms with Gasteiger partial charge >= 0.3 is 0 Å². The number of hydrogen-bond donors (Lipinski definition) is 0. The molecule has 2 rings (SSSR count). The number of likely N-dealkylation sites (tertiary alicyclic amines) is 2. The van der Waals surface area contributed by atoms with Crippen LogP contribution in [-0.4, -0.2) is 54.7 Å². The Morgan fingerprint density at radius 3 is 2.32 bits per heavy atom. The maximum atomic E-state index is 14.2. The molecular formula is C16H31FN2. The first kappa shape index (κ1) is 15.2. The van der Waals surface area contributed by atoms with Gasteiger partial charge in [-0.2, -0.15) is 0 Å². The van der Waals surface area contributed by atoms with Crippen LogP contribution in [0.5, 0.6) is 0 Å². The summed E-state index contributed by atoms with van der Waals surface area (Å²) in [5, 5.41) is 0. The maximum absolute atomic E-state index is 14.2. The molecule has 2 heterocycles. The highest BCUT2D eigenvalue weighted by atomic mass is 19.1. The van der Waals surface area contributed by atoms with Crippen molar-refractivity contribution in [1.82, 2.24) is 9.80 Å². The Labute approximate surface area is 118 Å². The Bertz CT molecular complexity index is 280. The Morgan fingerprint density at radius 2 is 1.79 bits per heavy atom. The molecule has 0 amide bonds. The molecule has 0 saturated carbocycles. The van der Waals surface area contributed by atoms with Gasteiger partial charge in [-0.05, 0) is 57.5 Å². The average Bonchev–Trinajstić information content (AvgIpc) is 2.77. The molecule has 2 fully saturated rings. The summed E-state index contributed by atoms with van der Waals surface area (Å²) in [5.74, 6) is 1.53. The van der Waals surface area contributed by atoms with Crippen LogP contribution in [-0.2, 0) is 0 Å². The first-order valence-electron chi connectivity index (χ1n) is 8.07. The van der Waals surface area contributed by atoms with E-state index in [0.717, 1.165) is 25.4 Å². The van der Waals surface area contributed by atoms with E-state index in [1.165, 1.54) is 19.5 Å². The number of rotatable bonds is 4. The van der Waals surface area contributed by atoms with Crippen LogP contribution in [0.2, 0.25) is 0 Å². The minimum atomic E-state index is -0.614. The van der Waals surface area contributed by atoms with Gasteiger partial charge < -0.3 is 9.80 Å². The highest BCUT2D eigenvalue weighted by Gasteiger charge is 2.33. The predicted molar refractivity (Wildman–Crippen MR) is 79.1 cm³/mol. The van der Waals surface area contributed by atoms with Gasteiger partial charge in [-0.3, -0.25) is 0 Å². The molecule has 0 radical (unpaired) electrons. The standard InChI is InChI=1S/C16H31FN2/c1-12(2)15-6-7-18(11-16(15)17)9-14-5-8-19(10-14)13(3)4/h12-16H,5-11H2,1-4H3/t14-,15+,16-/m0/s1. The van der Waals surface area contributed by atoms with Crippen molar-refractivity contribution in [1.29, 1.82) is 0 Å². The molecule has 2 aliphatic rings. The summed E-state index contributed by atoms with van der Waals surface area (Å²) in [6, 6.07) is 0.658. The van der Waals surface area contributed by atoms with Crippen molar-refractivity contribution in [2.75, 3.05) is 32.7 Å². The fourth-order valence-corrected chi connectivity index (χ4v) is 3.75. The van der Waals surface area contributed by atoms with Gasteiger partial charge in [-0.1, -0.05) is 13.8 Å². The fourth-order valence-electron chi connectivity index (χ4n) is 3.75. The number of nitrogens with zero attached hydrogens (tertiary/aromatic N) is 2. The number of halogens is 1. The van der Waals surface area contributed by atoms with Gasteiger partial charge in [-0.25, -0.2) is 4.39 Å². The van der Waals surface area contributed by atoms with Gasteiger partial charge in [0.15, 0.2) is 0 Å². The molecule has 0 N–H and O–H groups in total. The van der Waals surface area contributed by atoms with Crippen molar-refractivity contribution in [2.24, 2.45) is 17.8 Å². The number of alkyl halides is 1. The molecule has 19 heavy (non-hydrogen) atoms. The number of hydrogen-bond acceptors (Lipinski definition) is 2. The highest BCUT2D eigenvalue weighted by molar-refractivity contribution is 4.85. The zero-order valence-corrected chi connectivity index (χ0v) is 13.1. The molecule has 2 aliphatic heterocycles. The van der Waals surface area contributed by atoms with Crippen LogP contribution in [0.15, 0.2) is 0 Å². The summed E-state index contributed by atoms with van der Waals surface area (Å²) >= 11 is 0. The third-order valence-corrected chi connectivity index (χ3v) is 5.10. The van der Waals surface area contributed by atoms with E-state index < -0.39 is 6.17 Å². The zero-order chi connectivity index (χ0) is 14.0. The van der Waals surface area contributed by atoms with Crippen molar-refractivity contribution in [3.05, 3.63) is 0 Å². The Kier molecular flexibility index (Phi) is 5.24. The van der Waals surface area contributed by atoms with Gasteiger partial charge in [0.2, 0.25) is 0 Å². The van der Waals surface area contributed by atoms with E-state index in [2.05, 4.69) is 37.5 Å². The molecule has 2 saturated heterocycles. The van der Waals surface area contributed by atoms with Crippen LogP contribution >= 0.6 is 0 Å². The quantitative estimate of drug-likeness (QED) is 0.775. The fraction of sp³-hybridized carbons (Fsp3) is 1.00. The van der Waals surface area contributed by atoms with Crippen molar-refractivity contribution < 1.29 is 4.39 Å². The molecule has 0 aliphatic carbocycles. The predicted octanol–water partition coefficient (Wildman–Crippen LogP) is 3.03. The summed E-state index contributed by atoms with van der Waals surface area (Å²) in [5.41, 5.74) is 0. The molecule has 112 valence electrons. The van der Waals surface area contributed by atoms with Gasteiger partial charge in [0.1, 0.15) is 6.17 Å². The van der Waals surface area contributed by atoms with Gasteiger partial charge in [0, 0.05) is 25.7 Å². The van der Waals surface area contributed by atoms with Crippen LogP contribution in [0.3, 0.4) is 0 Å². The summed E-state index contributed by atoms with van der Waals surface area (Å²) in [7, 11) is 0. The third kappa shape index (κ3) is 3.91. The summed E-state index contributed by atoms with van der Waals surface area (Å²) < 4.78 is 14.2. The van der Waals surface area contributed by atoms with E-state index >= 15 is 0 Å². The minimum Gasteiger partial charge on any atom is -0.301 e. The SMILES string of the molecule is CC(C)[C@H]1CCN(C[C@@H]2CCN(C(C)C)C2)C[C@@H]1F. The first-order valence-corrected chi connectivity index (χ1v) is 8.07. The van der Waals surface area contributed by atoms with Crippen LogP contribution < -0.4 is 0 Å². The normalized spacial score (nSPS) is 34.6. The lowest BCUT2D eigenvalue weighted by atomic mass is 9.85. The second-order valence-electron chi connectivity index (χ2n) is 7.22. The molecule has 0 aromatic rings. The number of piperidine rings is 1. The van der Waals surface area contributed by atoms with E-state index in [1.807, 2.05) is 0 Å². The molecule has 2 nitrogen and oxygen atoms in total. The monoisotopic (exact) mass is 270 g/mol. The summed E-state index contributed by atoms with van der Waals surface area (Å²) in [4.78, 5) is 4.93. The molecule has 0 spiro atoms.